The van der Waals surface area contributed by atoms with Crippen LogP contribution in [0.4, 0.5) is 0 Å². The molecule has 1 fully saturated rings. The lowest BCUT2D eigenvalue weighted by molar-refractivity contribution is 0.0657. The van der Waals surface area contributed by atoms with Crippen LogP contribution in [0, 0.1) is 0 Å². The molecule has 1 atom stereocenters. The number of nitrogens with zero attached hydrogens (tertiary/aromatic N) is 4. The molecule has 122 valence electrons. The van der Waals surface area contributed by atoms with Gasteiger partial charge in [0.2, 0.25) is 5.95 Å². The standard InChI is InChI=1S/C18H19N5O/c1-13-11-19-9-10-22(13)17(24)15-12-23(18-20-7-4-8-21-18)16-6-3-2-5-14(15)16/h2-8,12-13,19H,9-11H2,1H3/t13-/m0/s1. The molecule has 6 nitrogen and oxygen atoms in total. The van der Waals surface area contributed by atoms with Crippen molar-refractivity contribution in [2.75, 3.05) is 19.6 Å². The molecule has 0 unspecified atom stereocenters. The van der Waals surface area contributed by atoms with Crippen molar-refractivity contribution >= 4 is 16.8 Å². The number of amides is 1. The van der Waals surface area contributed by atoms with Crippen molar-refractivity contribution < 1.29 is 4.79 Å². The Balaban J connectivity index is 1.83. The minimum absolute atomic E-state index is 0.0647. The number of piperazine rings is 1. The van der Waals surface area contributed by atoms with Gasteiger partial charge in [-0.3, -0.25) is 9.36 Å². The fourth-order valence-electron chi connectivity index (χ4n) is 3.23. The van der Waals surface area contributed by atoms with Gasteiger partial charge >= 0.3 is 0 Å². The van der Waals surface area contributed by atoms with E-state index in [1.165, 1.54) is 0 Å². The molecule has 0 spiro atoms. The largest absolute Gasteiger partial charge is 0.333 e. The van der Waals surface area contributed by atoms with Gasteiger partial charge < -0.3 is 10.2 Å². The molecular weight excluding hydrogens is 302 g/mol. The fraction of sp³-hybridized carbons (Fsp3) is 0.278. The molecule has 1 aliphatic rings. The van der Waals surface area contributed by atoms with Gasteiger partial charge in [-0.25, -0.2) is 9.97 Å². The molecule has 0 bridgehead atoms. The van der Waals surface area contributed by atoms with E-state index in [9.17, 15) is 4.79 Å². The van der Waals surface area contributed by atoms with Crippen LogP contribution in [-0.2, 0) is 0 Å². The van der Waals surface area contributed by atoms with Crippen LogP contribution in [0.5, 0.6) is 0 Å². The Kier molecular flexibility index (Phi) is 3.74. The molecule has 0 radical (unpaired) electrons. The highest BCUT2D eigenvalue weighted by atomic mass is 16.2. The summed E-state index contributed by atoms with van der Waals surface area (Å²) >= 11 is 0. The predicted molar refractivity (Wildman–Crippen MR) is 92.2 cm³/mol. The summed E-state index contributed by atoms with van der Waals surface area (Å²) in [5.41, 5.74) is 1.64. The predicted octanol–water partition coefficient (Wildman–Crippen LogP) is 1.85. The van der Waals surface area contributed by atoms with Gasteiger partial charge in [-0.1, -0.05) is 18.2 Å². The van der Waals surface area contributed by atoms with Crippen molar-refractivity contribution in [2.45, 2.75) is 13.0 Å². The van der Waals surface area contributed by atoms with Crippen LogP contribution in [-0.4, -0.2) is 51.0 Å². The zero-order valence-corrected chi connectivity index (χ0v) is 13.5. The Morgan fingerprint density at radius 2 is 2.00 bits per heavy atom. The van der Waals surface area contributed by atoms with E-state index >= 15 is 0 Å². The average molecular weight is 321 g/mol. The first-order valence-corrected chi connectivity index (χ1v) is 8.15. The van der Waals surface area contributed by atoms with Gasteiger partial charge in [-0.15, -0.1) is 0 Å². The Morgan fingerprint density at radius 1 is 1.21 bits per heavy atom. The van der Waals surface area contributed by atoms with Crippen molar-refractivity contribution in [2.24, 2.45) is 0 Å². The summed E-state index contributed by atoms with van der Waals surface area (Å²) in [6, 6.07) is 9.85. The quantitative estimate of drug-likeness (QED) is 0.782. The number of hydrogen-bond donors (Lipinski definition) is 1. The van der Waals surface area contributed by atoms with E-state index in [1.54, 1.807) is 18.5 Å². The summed E-state index contributed by atoms with van der Waals surface area (Å²) in [6.07, 6.45) is 5.27. The van der Waals surface area contributed by atoms with Crippen LogP contribution in [0.2, 0.25) is 0 Å². The van der Waals surface area contributed by atoms with Gasteiger partial charge in [0.05, 0.1) is 11.1 Å². The Labute approximate surface area is 140 Å². The molecule has 1 N–H and O–H groups in total. The molecule has 1 aromatic carbocycles. The lowest BCUT2D eigenvalue weighted by atomic mass is 10.1. The summed E-state index contributed by atoms with van der Waals surface area (Å²) in [7, 11) is 0. The molecule has 1 saturated heterocycles. The third-order valence-corrected chi connectivity index (χ3v) is 4.47. The maximum absolute atomic E-state index is 13.1. The number of aromatic nitrogens is 3. The van der Waals surface area contributed by atoms with Crippen LogP contribution in [0.1, 0.15) is 17.3 Å². The number of fused-ring (bicyclic) bond motifs is 1. The highest BCUT2D eigenvalue weighted by molar-refractivity contribution is 6.07. The second-order valence-corrected chi connectivity index (χ2v) is 6.03. The molecule has 0 aliphatic carbocycles. The number of rotatable bonds is 2. The average Bonchev–Trinajstić information content (AvgIpc) is 3.02. The van der Waals surface area contributed by atoms with E-state index in [0.29, 0.717) is 11.5 Å². The summed E-state index contributed by atoms with van der Waals surface area (Å²) < 4.78 is 1.88. The lowest BCUT2D eigenvalue weighted by Crippen LogP contribution is -2.52. The first-order valence-electron chi connectivity index (χ1n) is 8.15. The molecule has 3 aromatic rings. The highest BCUT2D eigenvalue weighted by Crippen LogP contribution is 2.25. The second kappa shape index (κ2) is 6.05. The van der Waals surface area contributed by atoms with E-state index < -0.39 is 0 Å². The molecule has 6 heteroatoms. The van der Waals surface area contributed by atoms with Crippen molar-refractivity contribution in [3.63, 3.8) is 0 Å². The molecule has 2 aromatic heterocycles. The van der Waals surface area contributed by atoms with Crippen LogP contribution in [0.25, 0.3) is 16.9 Å². The summed E-state index contributed by atoms with van der Waals surface area (Å²) in [6.45, 7) is 4.45. The van der Waals surface area contributed by atoms with Gasteiger partial charge in [0.15, 0.2) is 0 Å². The molecule has 1 amide bonds. The third-order valence-electron chi connectivity index (χ3n) is 4.47. The fourth-order valence-corrected chi connectivity index (χ4v) is 3.23. The SMILES string of the molecule is C[C@H]1CNCCN1C(=O)c1cn(-c2ncccn2)c2ccccc12. The number of carbonyl (C=O) groups is 1. The number of hydrogen-bond acceptors (Lipinski definition) is 4. The lowest BCUT2D eigenvalue weighted by Gasteiger charge is -2.33. The molecule has 4 rings (SSSR count). The third kappa shape index (κ3) is 2.45. The summed E-state index contributed by atoms with van der Waals surface area (Å²) in [4.78, 5) is 23.7. The van der Waals surface area contributed by atoms with Crippen molar-refractivity contribution in [1.29, 1.82) is 0 Å². The van der Waals surface area contributed by atoms with Crippen LogP contribution >= 0.6 is 0 Å². The molecule has 0 saturated carbocycles. The zero-order chi connectivity index (χ0) is 16.5. The smallest absolute Gasteiger partial charge is 0.256 e. The summed E-state index contributed by atoms with van der Waals surface area (Å²) in [5.74, 6) is 0.635. The molecule has 3 heterocycles. The van der Waals surface area contributed by atoms with Crippen molar-refractivity contribution in [3.8, 4) is 5.95 Å². The van der Waals surface area contributed by atoms with E-state index in [1.807, 2.05) is 39.9 Å². The molecular formula is C18H19N5O. The van der Waals surface area contributed by atoms with Crippen LogP contribution in [0.15, 0.2) is 48.9 Å². The Morgan fingerprint density at radius 3 is 2.79 bits per heavy atom. The van der Waals surface area contributed by atoms with E-state index in [0.717, 1.165) is 30.5 Å². The van der Waals surface area contributed by atoms with E-state index in [-0.39, 0.29) is 11.9 Å². The van der Waals surface area contributed by atoms with Gasteiger partial charge in [0.1, 0.15) is 0 Å². The number of para-hydroxylation sites is 1. The monoisotopic (exact) mass is 321 g/mol. The normalized spacial score (nSPS) is 18.0. The van der Waals surface area contributed by atoms with Crippen LogP contribution in [0.3, 0.4) is 0 Å². The minimum atomic E-state index is 0.0647. The molecule has 1 aliphatic heterocycles. The van der Waals surface area contributed by atoms with Gasteiger partial charge in [0.25, 0.3) is 5.91 Å². The maximum atomic E-state index is 13.1. The maximum Gasteiger partial charge on any atom is 0.256 e. The number of carbonyl (C=O) groups excluding carboxylic acids is 1. The van der Waals surface area contributed by atoms with Crippen molar-refractivity contribution in [3.05, 3.63) is 54.5 Å². The summed E-state index contributed by atoms with van der Waals surface area (Å²) in [5, 5.41) is 4.25. The Hall–Kier alpha value is -2.73. The second-order valence-electron chi connectivity index (χ2n) is 6.03. The topological polar surface area (TPSA) is 63.1 Å². The minimum Gasteiger partial charge on any atom is -0.333 e. The zero-order valence-electron chi connectivity index (χ0n) is 13.5. The first kappa shape index (κ1) is 14.8. The van der Waals surface area contributed by atoms with Gasteiger partial charge in [-0.05, 0) is 19.1 Å². The van der Waals surface area contributed by atoms with E-state index in [4.69, 9.17) is 0 Å². The Bertz CT molecular complexity index is 874. The highest BCUT2D eigenvalue weighted by Gasteiger charge is 2.27. The van der Waals surface area contributed by atoms with Crippen molar-refractivity contribution in [1.82, 2.24) is 24.8 Å². The first-order chi connectivity index (χ1) is 11.8. The van der Waals surface area contributed by atoms with E-state index in [2.05, 4.69) is 22.2 Å². The van der Waals surface area contributed by atoms with Gasteiger partial charge in [0, 0.05) is 49.7 Å². The van der Waals surface area contributed by atoms with Crippen LogP contribution < -0.4 is 5.32 Å². The molecule has 24 heavy (non-hydrogen) atoms. The number of nitrogens with one attached hydrogen (secondary N) is 1. The number of benzene rings is 1. The van der Waals surface area contributed by atoms with Gasteiger partial charge in [-0.2, -0.15) is 0 Å².